The molecule has 3 aliphatic rings. The summed E-state index contributed by atoms with van der Waals surface area (Å²) in [6.45, 7) is 3.69. The number of para-hydroxylation sites is 2. The molecule has 8 heteroatoms. The van der Waals surface area contributed by atoms with Gasteiger partial charge in [0, 0.05) is 45.7 Å². The number of amidine groups is 1. The van der Waals surface area contributed by atoms with E-state index in [9.17, 15) is 4.57 Å². The van der Waals surface area contributed by atoms with Crippen LogP contribution in [-0.2, 0) is 13.6 Å². The van der Waals surface area contributed by atoms with Crippen LogP contribution in [0.2, 0.25) is 0 Å². The fraction of sp³-hybridized carbons (Fsp3) is 0.500. The smallest absolute Gasteiger partial charge is 0.300 e. The molecule has 3 unspecified atom stereocenters. The largest absolute Gasteiger partial charge is 0.404 e. The SMILES string of the molecule is COP(=O)(NCC(CCN1C2CCC1CC(C=[N+]1C(C)=Nc3ccccc31)C2)c1ccccc1)OC. The number of hydrogen-bond acceptors (Lipinski definition) is 5. The van der Waals surface area contributed by atoms with Crippen LogP contribution in [0, 0.1) is 5.92 Å². The molecule has 2 fully saturated rings. The summed E-state index contributed by atoms with van der Waals surface area (Å²) in [6, 6.07) is 20.1. The molecule has 192 valence electrons. The number of benzene rings is 2. The van der Waals surface area contributed by atoms with Crippen LogP contribution >= 0.6 is 7.75 Å². The molecule has 2 aromatic carbocycles. The van der Waals surface area contributed by atoms with Gasteiger partial charge in [0.05, 0.1) is 6.21 Å². The van der Waals surface area contributed by atoms with Crippen molar-refractivity contribution < 1.29 is 18.2 Å². The summed E-state index contributed by atoms with van der Waals surface area (Å²) in [5.41, 5.74) is 3.52. The minimum absolute atomic E-state index is 0.230. The van der Waals surface area contributed by atoms with E-state index in [0.717, 1.165) is 24.5 Å². The van der Waals surface area contributed by atoms with Gasteiger partial charge in [-0.15, -0.1) is 0 Å². The fourth-order valence-electron chi connectivity index (χ4n) is 6.21. The predicted molar refractivity (Wildman–Crippen MR) is 145 cm³/mol. The molecule has 0 aliphatic carbocycles. The second-order valence-corrected chi connectivity index (χ2v) is 12.2. The highest BCUT2D eigenvalue weighted by Gasteiger charge is 2.41. The van der Waals surface area contributed by atoms with Crippen LogP contribution in [0.1, 0.15) is 50.5 Å². The van der Waals surface area contributed by atoms with Crippen molar-refractivity contribution in [3.63, 3.8) is 0 Å². The Morgan fingerprint density at radius 3 is 2.44 bits per heavy atom. The maximum atomic E-state index is 12.6. The molecule has 2 saturated heterocycles. The molecule has 0 saturated carbocycles. The zero-order chi connectivity index (χ0) is 25.1. The summed E-state index contributed by atoms with van der Waals surface area (Å²) in [5, 5.41) is 3.05. The molecule has 2 aromatic rings. The van der Waals surface area contributed by atoms with Gasteiger partial charge in [-0.05, 0) is 67.3 Å². The summed E-state index contributed by atoms with van der Waals surface area (Å²) >= 11 is 0. The Balaban J connectivity index is 1.24. The first-order valence-corrected chi connectivity index (χ1v) is 14.6. The molecular formula is C28H38N4O3P+. The molecule has 3 atom stereocenters. The Morgan fingerprint density at radius 1 is 1.08 bits per heavy atom. The van der Waals surface area contributed by atoms with Crippen LogP contribution in [-0.4, -0.2) is 60.9 Å². The van der Waals surface area contributed by atoms with E-state index in [4.69, 9.17) is 14.0 Å². The number of nitrogens with one attached hydrogen (secondary N) is 1. The van der Waals surface area contributed by atoms with Gasteiger partial charge in [-0.25, -0.2) is 9.65 Å². The summed E-state index contributed by atoms with van der Waals surface area (Å²) in [4.78, 5) is 7.49. The first-order valence-electron chi connectivity index (χ1n) is 13.1. The van der Waals surface area contributed by atoms with Gasteiger partial charge in [-0.3, -0.25) is 4.90 Å². The number of hydrogen-bond donors (Lipinski definition) is 1. The summed E-state index contributed by atoms with van der Waals surface area (Å²) < 4.78 is 25.1. The molecule has 0 amide bonds. The molecule has 2 bridgehead atoms. The molecule has 5 rings (SSSR count). The lowest BCUT2D eigenvalue weighted by Gasteiger charge is -2.38. The van der Waals surface area contributed by atoms with Gasteiger partial charge < -0.3 is 9.05 Å². The monoisotopic (exact) mass is 509 g/mol. The Kier molecular flexibility index (Phi) is 7.85. The van der Waals surface area contributed by atoms with E-state index in [2.05, 4.69) is 76.2 Å². The maximum absolute atomic E-state index is 12.6. The van der Waals surface area contributed by atoms with Crippen molar-refractivity contribution in [2.24, 2.45) is 10.9 Å². The Hall–Kier alpha value is -2.15. The Labute approximate surface area is 214 Å². The molecule has 0 aromatic heterocycles. The van der Waals surface area contributed by atoms with Gasteiger partial charge in [0.15, 0.2) is 5.69 Å². The van der Waals surface area contributed by atoms with Gasteiger partial charge in [0.2, 0.25) is 5.69 Å². The van der Waals surface area contributed by atoms with Crippen LogP contribution in [0.15, 0.2) is 59.6 Å². The van der Waals surface area contributed by atoms with Crippen molar-refractivity contribution in [2.75, 3.05) is 27.3 Å². The average Bonchev–Trinajstić information content (AvgIpc) is 3.35. The minimum Gasteiger partial charge on any atom is -0.300 e. The molecule has 36 heavy (non-hydrogen) atoms. The molecule has 0 spiro atoms. The van der Waals surface area contributed by atoms with E-state index in [1.165, 1.54) is 51.2 Å². The first-order chi connectivity index (χ1) is 17.5. The van der Waals surface area contributed by atoms with Crippen LogP contribution < -0.4 is 5.09 Å². The number of piperidine rings is 1. The lowest BCUT2D eigenvalue weighted by molar-refractivity contribution is -0.299. The third-order valence-corrected chi connectivity index (χ3v) is 9.60. The van der Waals surface area contributed by atoms with E-state index < -0.39 is 7.75 Å². The fourth-order valence-corrected chi connectivity index (χ4v) is 7.06. The van der Waals surface area contributed by atoms with Crippen molar-refractivity contribution in [1.82, 2.24) is 9.99 Å². The number of aliphatic imine (C=N–C) groups is 1. The Bertz CT molecular complexity index is 1150. The van der Waals surface area contributed by atoms with Crippen molar-refractivity contribution >= 4 is 31.2 Å². The normalized spacial score (nSPS) is 25.7. The number of fused-ring (bicyclic) bond motifs is 3. The van der Waals surface area contributed by atoms with Crippen LogP contribution in [0.4, 0.5) is 11.4 Å². The first kappa shape index (κ1) is 25.5. The maximum Gasteiger partial charge on any atom is 0.404 e. The third-order valence-electron chi connectivity index (χ3n) is 8.07. The van der Waals surface area contributed by atoms with Crippen molar-refractivity contribution in [3.8, 4) is 0 Å². The van der Waals surface area contributed by atoms with Crippen LogP contribution in [0.5, 0.6) is 0 Å². The second kappa shape index (κ2) is 11.1. The van der Waals surface area contributed by atoms with Crippen LogP contribution in [0.25, 0.3) is 0 Å². The highest BCUT2D eigenvalue weighted by atomic mass is 31.2. The topological polar surface area (TPSA) is 66.2 Å². The molecular weight excluding hydrogens is 471 g/mol. The van der Waals surface area contributed by atoms with Gasteiger partial charge in [-0.1, -0.05) is 42.5 Å². The zero-order valence-electron chi connectivity index (χ0n) is 21.5. The van der Waals surface area contributed by atoms with Crippen LogP contribution in [0.3, 0.4) is 0 Å². The molecule has 0 radical (unpaired) electrons. The van der Waals surface area contributed by atoms with Gasteiger partial charge >= 0.3 is 13.6 Å². The molecule has 3 aliphatic heterocycles. The lowest BCUT2D eigenvalue weighted by atomic mass is 9.90. The molecule has 1 N–H and O–H groups in total. The second-order valence-electron chi connectivity index (χ2n) is 10.1. The number of nitrogens with zero attached hydrogens (tertiary/aromatic N) is 3. The zero-order valence-corrected chi connectivity index (χ0v) is 22.4. The average molecular weight is 510 g/mol. The van der Waals surface area contributed by atoms with E-state index in [-0.39, 0.29) is 5.92 Å². The summed E-state index contributed by atoms with van der Waals surface area (Å²) in [7, 11) is -0.420. The highest BCUT2D eigenvalue weighted by Crippen LogP contribution is 2.43. The third kappa shape index (κ3) is 5.41. The molecule has 3 heterocycles. The van der Waals surface area contributed by atoms with E-state index >= 15 is 0 Å². The van der Waals surface area contributed by atoms with E-state index in [0.29, 0.717) is 24.5 Å². The van der Waals surface area contributed by atoms with Gasteiger partial charge in [-0.2, -0.15) is 4.58 Å². The predicted octanol–water partition coefficient (Wildman–Crippen LogP) is 5.87. The quantitative estimate of drug-likeness (QED) is 0.320. The lowest BCUT2D eigenvalue weighted by Crippen LogP contribution is -2.44. The van der Waals surface area contributed by atoms with E-state index in [1.807, 2.05) is 6.07 Å². The van der Waals surface area contributed by atoms with Crippen molar-refractivity contribution in [3.05, 3.63) is 60.2 Å². The minimum atomic E-state index is -3.26. The Morgan fingerprint density at radius 2 is 1.75 bits per heavy atom. The summed E-state index contributed by atoms with van der Waals surface area (Å²) in [6.07, 6.45) is 8.36. The van der Waals surface area contributed by atoms with Gasteiger partial charge in [0.25, 0.3) is 0 Å². The van der Waals surface area contributed by atoms with E-state index in [1.54, 1.807) is 0 Å². The molecule has 7 nitrogen and oxygen atoms in total. The standard InChI is InChI=1S/C28H38N4O3P/c1-21-30-27-11-7-8-12-28(27)32(21)20-22-17-25-13-14-26(18-22)31(25)16-15-24(23-9-5-4-6-10-23)19-29-36(33,34-2)35-3/h4-12,20,22,24-26H,13-19H2,1-3H3,(H,29,33)/q+1. The van der Waals surface area contributed by atoms with Crippen molar-refractivity contribution in [2.45, 2.75) is 57.0 Å². The number of rotatable bonds is 10. The summed E-state index contributed by atoms with van der Waals surface area (Å²) in [5.74, 6) is 1.86. The van der Waals surface area contributed by atoms with Crippen molar-refractivity contribution in [1.29, 1.82) is 0 Å². The highest BCUT2D eigenvalue weighted by molar-refractivity contribution is 7.51. The van der Waals surface area contributed by atoms with Gasteiger partial charge in [0.1, 0.15) is 0 Å².